The Labute approximate surface area is 211 Å². The number of hydrogen-bond donors (Lipinski definition) is 3. The number of benzene rings is 1. The van der Waals surface area contributed by atoms with Gasteiger partial charge in [0.2, 0.25) is 11.8 Å². The highest BCUT2D eigenvalue weighted by Gasteiger charge is 2.46. The number of fused-ring (bicyclic) bond motifs is 1. The molecule has 0 saturated heterocycles. The van der Waals surface area contributed by atoms with Gasteiger partial charge in [0.25, 0.3) is 0 Å². The number of rotatable bonds is 8. The molecule has 9 heteroatoms. The summed E-state index contributed by atoms with van der Waals surface area (Å²) in [5, 5.41) is 26.0. The number of aromatic nitrogens is 2. The van der Waals surface area contributed by atoms with E-state index in [9.17, 15) is 18.7 Å². The fourth-order valence-corrected chi connectivity index (χ4v) is 5.12. The first-order valence-electron chi connectivity index (χ1n) is 12.6. The highest BCUT2D eigenvalue weighted by Crippen LogP contribution is 2.48. The van der Waals surface area contributed by atoms with E-state index in [1.165, 1.54) is 19.1 Å². The number of amides is 1. The third kappa shape index (κ3) is 6.56. The van der Waals surface area contributed by atoms with Crippen molar-refractivity contribution in [3.8, 4) is 5.88 Å². The predicted octanol–water partition coefficient (Wildman–Crippen LogP) is 3.79. The van der Waals surface area contributed by atoms with Crippen LogP contribution in [0.2, 0.25) is 0 Å². The molecule has 0 unspecified atom stereocenters. The zero-order chi connectivity index (χ0) is 26.1. The van der Waals surface area contributed by atoms with Crippen LogP contribution >= 0.6 is 0 Å². The predicted molar refractivity (Wildman–Crippen MR) is 131 cm³/mol. The lowest BCUT2D eigenvalue weighted by atomic mass is 9.73. The van der Waals surface area contributed by atoms with Crippen molar-refractivity contribution >= 4 is 5.91 Å². The van der Waals surface area contributed by atoms with Crippen LogP contribution in [0.3, 0.4) is 0 Å². The van der Waals surface area contributed by atoms with Crippen molar-refractivity contribution in [1.82, 2.24) is 20.8 Å². The van der Waals surface area contributed by atoms with Crippen LogP contribution in [-0.4, -0.2) is 45.5 Å². The summed E-state index contributed by atoms with van der Waals surface area (Å²) in [4.78, 5) is 11.8. The van der Waals surface area contributed by atoms with Crippen molar-refractivity contribution in [2.45, 2.75) is 90.0 Å². The summed E-state index contributed by atoms with van der Waals surface area (Å²) in [5.74, 6) is -1.20. The second kappa shape index (κ2) is 10.4. The van der Waals surface area contributed by atoms with Crippen LogP contribution in [0.4, 0.5) is 8.78 Å². The Balaban J connectivity index is 1.51. The lowest BCUT2D eigenvalue weighted by molar-refractivity contribution is -0.120. The molecule has 7 nitrogen and oxygen atoms in total. The molecule has 196 valence electrons. The first-order valence-corrected chi connectivity index (χ1v) is 12.6. The molecule has 1 aliphatic heterocycles. The molecule has 36 heavy (non-hydrogen) atoms. The molecule has 1 aromatic heterocycles. The Morgan fingerprint density at radius 1 is 1.19 bits per heavy atom. The van der Waals surface area contributed by atoms with Gasteiger partial charge in [-0.1, -0.05) is 20.8 Å². The molecule has 2 aromatic rings. The number of ether oxygens (including phenoxy) is 1. The highest BCUT2D eigenvalue weighted by molar-refractivity contribution is 5.73. The van der Waals surface area contributed by atoms with Gasteiger partial charge in [-0.05, 0) is 61.3 Å². The molecule has 1 fully saturated rings. The minimum absolute atomic E-state index is 0.0503. The van der Waals surface area contributed by atoms with Crippen LogP contribution < -0.4 is 15.4 Å². The van der Waals surface area contributed by atoms with Crippen LogP contribution in [-0.2, 0) is 17.6 Å². The number of carbonyl (C=O) groups is 1. The summed E-state index contributed by atoms with van der Waals surface area (Å²) in [7, 11) is 0. The molecular weight excluding hydrogens is 466 g/mol. The van der Waals surface area contributed by atoms with Gasteiger partial charge in [0.1, 0.15) is 17.2 Å². The zero-order valence-electron chi connectivity index (χ0n) is 21.4. The van der Waals surface area contributed by atoms with Crippen LogP contribution in [0.5, 0.6) is 5.88 Å². The number of hydrogen-bond acceptors (Lipinski definition) is 6. The van der Waals surface area contributed by atoms with Crippen LogP contribution in [0.15, 0.2) is 24.3 Å². The molecular formula is C27H36F2N4O3. The van der Waals surface area contributed by atoms with E-state index in [0.717, 1.165) is 49.4 Å². The number of nitrogens with one attached hydrogen (secondary N) is 2. The second-order valence-corrected chi connectivity index (χ2v) is 11.5. The molecule has 3 atom stereocenters. The summed E-state index contributed by atoms with van der Waals surface area (Å²) in [6, 6.07) is 4.42. The van der Waals surface area contributed by atoms with Crippen LogP contribution in [0, 0.1) is 17.0 Å². The topological polar surface area (TPSA) is 96.4 Å². The van der Waals surface area contributed by atoms with Crippen molar-refractivity contribution in [2.75, 3.05) is 6.54 Å². The van der Waals surface area contributed by atoms with Gasteiger partial charge in [-0.3, -0.25) is 4.79 Å². The number of aliphatic hydroxyl groups excluding tert-OH is 1. The van der Waals surface area contributed by atoms with E-state index in [0.29, 0.717) is 11.4 Å². The third-order valence-corrected chi connectivity index (χ3v) is 6.88. The van der Waals surface area contributed by atoms with E-state index >= 15 is 0 Å². The van der Waals surface area contributed by atoms with Gasteiger partial charge in [-0.2, -0.15) is 5.10 Å². The van der Waals surface area contributed by atoms with Gasteiger partial charge in [0.05, 0.1) is 17.8 Å². The minimum atomic E-state index is -0.993. The minimum Gasteiger partial charge on any atom is -0.470 e. The van der Waals surface area contributed by atoms with Gasteiger partial charge in [0, 0.05) is 37.6 Å². The molecule has 1 aromatic carbocycles. The maximum atomic E-state index is 13.7. The maximum absolute atomic E-state index is 13.7. The van der Waals surface area contributed by atoms with Gasteiger partial charge in [0.15, 0.2) is 0 Å². The van der Waals surface area contributed by atoms with Crippen molar-refractivity contribution in [3.05, 3.63) is 52.7 Å². The van der Waals surface area contributed by atoms with E-state index < -0.39 is 23.8 Å². The SMILES string of the molecule is CC(=O)N[C@@H](Cc1cc(F)cc(F)c1)[C@H](O)CN[C@H]1CC2(CCC2)Oc2nnc(CC(C)(C)C)cc21. The molecule has 1 spiro atoms. The summed E-state index contributed by atoms with van der Waals surface area (Å²) in [6.07, 6.45) is 3.58. The molecule has 1 aliphatic carbocycles. The third-order valence-electron chi connectivity index (χ3n) is 6.88. The van der Waals surface area contributed by atoms with E-state index in [2.05, 4.69) is 41.6 Å². The van der Waals surface area contributed by atoms with Crippen molar-refractivity contribution in [3.63, 3.8) is 0 Å². The van der Waals surface area contributed by atoms with E-state index in [1.54, 1.807) is 0 Å². The average molecular weight is 503 g/mol. The molecule has 1 amide bonds. The van der Waals surface area contributed by atoms with Crippen molar-refractivity contribution < 1.29 is 23.4 Å². The molecule has 0 bridgehead atoms. The molecule has 2 aliphatic rings. The summed E-state index contributed by atoms with van der Waals surface area (Å²) in [5.41, 5.74) is 1.93. The number of nitrogens with zero attached hydrogens (tertiary/aromatic N) is 2. The average Bonchev–Trinajstić information content (AvgIpc) is 2.73. The van der Waals surface area contributed by atoms with Gasteiger partial charge in [-0.15, -0.1) is 5.10 Å². The first kappa shape index (κ1) is 26.4. The summed E-state index contributed by atoms with van der Waals surface area (Å²) >= 11 is 0. The maximum Gasteiger partial charge on any atom is 0.238 e. The van der Waals surface area contributed by atoms with Crippen molar-refractivity contribution in [1.29, 1.82) is 0 Å². The molecule has 3 N–H and O–H groups in total. The van der Waals surface area contributed by atoms with E-state index in [-0.39, 0.29) is 35.9 Å². The lowest BCUT2D eigenvalue weighted by Crippen LogP contribution is -2.52. The zero-order valence-corrected chi connectivity index (χ0v) is 21.4. The summed E-state index contributed by atoms with van der Waals surface area (Å²) < 4.78 is 33.7. The number of carbonyl (C=O) groups excluding carboxylic acids is 1. The number of aliphatic hydroxyl groups is 1. The molecule has 2 heterocycles. The molecule has 4 rings (SSSR count). The normalized spacial score (nSPS) is 20.1. The standard InChI is InChI=1S/C27H36F2N4O3/c1-16(34)31-22(10-17-8-18(28)11-19(29)9-17)24(35)15-30-23-14-27(6-5-7-27)36-25-21(23)12-20(32-33-25)13-26(2,3)4/h8-9,11-12,22-24,30,35H,5-7,10,13-15H2,1-4H3,(H,31,34)/t22-,23-,24+/m0/s1. The van der Waals surface area contributed by atoms with E-state index in [1.807, 2.05) is 6.07 Å². The lowest BCUT2D eigenvalue weighted by Gasteiger charge is -2.47. The fourth-order valence-electron chi connectivity index (χ4n) is 5.12. The quantitative estimate of drug-likeness (QED) is 0.508. The van der Waals surface area contributed by atoms with Gasteiger partial charge < -0.3 is 20.5 Å². The number of halogens is 2. The second-order valence-electron chi connectivity index (χ2n) is 11.5. The smallest absolute Gasteiger partial charge is 0.238 e. The Hall–Kier alpha value is -2.65. The van der Waals surface area contributed by atoms with Crippen LogP contribution in [0.1, 0.15) is 76.2 Å². The Morgan fingerprint density at radius 3 is 2.47 bits per heavy atom. The van der Waals surface area contributed by atoms with Gasteiger partial charge >= 0.3 is 0 Å². The van der Waals surface area contributed by atoms with Crippen LogP contribution in [0.25, 0.3) is 0 Å². The fraction of sp³-hybridized carbons (Fsp3) is 0.593. The summed E-state index contributed by atoms with van der Waals surface area (Å²) in [6.45, 7) is 7.95. The molecule has 1 saturated carbocycles. The largest absolute Gasteiger partial charge is 0.470 e. The molecule has 0 radical (unpaired) electrons. The first-order chi connectivity index (χ1) is 16.9. The van der Waals surface area contributed by atoms with Crippen molar-refractivity contribution in [2.24, 2.45) is 5.41 Å². The van der Waals surface area contributed by atoms with Gasteiger partial charge in [-0.25, -0.2) is 8.78 Å². The Kier molecular flexibility index (Phi) is 7.61. The van der Waals surface area contributed by atoms with E-state index in [4.69, 9.17) is 4.74 Å². The monoisotopic (exact) mass is 502 g/mol. The Bertz CT molecular complexity index is 1080. The Morgan fingerprint density at radius 2 is 1.89 bits per heavy atom. The highest BCUT2D eigenvalue weighted by atomic mass is 19.1.